The van der Waals surface area contributed by atoms with Gasteiger partial charge in [-0.15, -0.1) is 0 Å². The minimum atomic E-state index is -1.02. The first-order chi connectivity index (χ1) is 9.47. The summed E-state index contributed by atoms with van der Waals surface area (Å²) in [6.45, 7) is 3.49. The van der Waals surface area contributed by atoms with E-state index in [1.165, 1.54) is 18.7 Å². The van der Waals surface area contributed by atoms with Crippen LogP contribution in [0.3, 0.4) is 0 Å². The quantitative estimate of drug-likeness (QED) is 0.443. The molecule has 0 radical (unpaired) electrons. The number of carbonyl (C=O) groups excluding carboxylic acids is 2. The van der Waals surface area contributed by atoms with Crippen LogP contribution in [0.15, 0.2) is 0 Å². The van der Waals surface area contributed by atoms with Gasteiger partial charge in [0.05, 0.1) is 6.61 Å². The van der Waals surface area contributed by atoms with Crippen molar-refractivity contribution in [2.24, 2.45) is 0 Å². The van der Waals surface area contributed by atoms with Crippen LogP contribution >= 0.6 is 11.8 Å². The Balaban J connectivity index is 3.57. The van der Waals surface area contributed by atoms with Crippen LogP contribution < -0.4 is 5.32 Å². The van der Waals surface area contributed by atoms with Crippen molar-refractivity contribution in [2.45, 2.75) is 45.6 Å². The number of hydrogen-bond acceptors (Lipinski definition) is 5. The summed E-state index contributed by atoms with van der Waals surface area (Å²) in [5.74, 6) is -0.363. The Kier molecular flexibility index (Phi) is 10.9. The van der Waals surface area contributed by atoms with Crippen LogP contribution in [-0.4, -0.2) is 47.1 Å². The zero-order chi connectivity index (χ0) is 15.4. The van der Waals surface area contributed by atoms with Crippen molar-refractivity contribution in [3.63, 3.8) is 0 Å². The summed E-state index contributed by atoms with van der Waals surface area (Å²) in [7, 11) is 0. The van der Waals surface area contributed by atoms with Crippen molar-refractivity contribution < 1.29 is 24.2 Å². The Morgan fingerprint density at radius 1 is 1.25 bits per heavy atom. The molecule has 0 aliphatic carbocycles. The smallest absolute Gasteiger partial charge is 0.327 e. The molecule has 1 atom stereocenters. The molecule has 1 amide bonds. The topological polar surface area (TPSA) is 92.7 Å². The van der Waals surface area contributed by atoms with Crippen LogP contribution in [0.2, 0.25) is 0 Å². The van der Waals surface area contributed by atoms with Gasteiger partial charge in [-0.05, 0) is 25.5 Å². The third-order valence-corrected chi connectivity index (χ3v) is 3.58. The molecule has 0 aliphatic heterocycles. The number of carboxylic acids is 1. The van der Waals surface area contributed by atoms with E-state index in [9.17, 15) is 14.4 Å². The minimum absolute atomic E-state index is 0.170. The van der Waals surface area contributed by atoms with Crippen molar-refractivity contribution in [2.75, 3.05) is 18.1 Å². The SMILES string of the molecule is CCOC(=O)CCCCCSC[C@H](NC(C)=O)C(=O)O. The molecule has 0 aromatic heterocycles. The van der Waals surface area contributed by atoms with Gasteiger partial charge in [-0.3, -0.25) is 9.59 Å². The number of carboxylic acid groups (broad SMARTS) is 1. The fourth-order valence-corrected chi connectivity index (χ4v) is 2.54. The van der Waals surface area contributed by atoms with Crippen molar-refractivity contribution >= 4 is 29.6 Å². The van der Waals surface area contributed by atoms with Crippen molar-refractivity contribution in [1.82, 2.24) is 5.32 Å². The van der Waals surface area contributed by atoms with E-state index in [1.54, 1.807) is 6.92 Å². The van der Waals surface area contributed by atoms with Crippen molar-refractivity contribution in [3.05, 3.63) is 0 Å². The largest absolute Gasteiger partial charge is 0.480 e. The second kappa shape index (κ2) is 11.6. The Labute approximate surface area is 123 Å². The molecule has 7 heteroatoms. The highest BCUT2D eigenvalue weighted by atomic mass is 32.2. The van der Waals surface area contributed by atoms with Crippen LogP contribution in [0.5, 0.6) is 0 Å². The van der Waals surface area contributed by atoms with Crippen LogP contribution in [0, 0.1) is 0 Å². The van der Waals surface area contributed by atoms with E-state index >= 15 is 0 Å². The molecule has 2 N–H and O–H groups in total. The molecule has 0 rings (SSSR count). The van der Waals surface area contributed by atoms with Gasteiger partial charge >= 0.3 is 11.9 Å². The Hall–Kier alpha value is -1.24. The molecule has 0 aromatic rings. The molecule has 0 bridgehead atoms. The van der Waals surface area contributed by atoms with E-state index in [-0.39, 0.29) is 11.9 Å². The summed E-state index contributed by atoms with van der Waals surface area (Å²) in [6, 6.07) is -0.836. The molecular weight excluding hydrogens is 282 g/mol. The molecule has 0 spiro atoms. The predicted molar refractivity (Wildman–Crippen MR) is 77.7 cm³/mol. The van der Waals surface area contributed by atoms with Gasteiger partial charge in [0.1, 0.15) is 6.04 Å². The number of aliphatic carboxylic acids is 1. The fourth-order valence-electron chi connectivity index (χ4n) is 1.50. The second-order valence-electron chi connectivity index (χ2n) is 4.28. The average molecular weight is 305 g/mol. The van der Waals surface area contributed by atoms with Gasteiger partial charge in [-0.1, -0.05) is 6.42 Å². The molecule has 0 unspecified atom stereocenters. The lowest BCUT2D eigenvalue weighted by atomic mass is 10.2. The highest BCUT2D eigenvalue weighted by Gasteiger charge is 2.17. The third kappa shape index (κ3) is 10.7. The van der Waals surface area contributed by atoms with E-state index in [1.807, 2.05) is 0 Å². The number of ether oxygens (including phenoxy) is 1. The molecule has 116 valence electrons. The lowest BCUT2D eigenvalue weighted by Crippen LogP contribution is -2.41. The Morgan fingerprint density at radius 3 is 2.50 bits per heavy atom. The number of thioether (sulfide) groups is 1. The Morgan fingerprint density at radius 2 is 1.95 bits per heavy atom. The first kappa shape index (κ1) is 18.8. The van der Waals surface area contributed by atoms with Crippen molar-refractivity contribution in [1.29, 1.82) is 0 Å². The molecule has 0 fully saturated rings. The van der Waals surface area contributed by atoms with Gasteiger partial charge in [-0.2, -0.15) is 11.8 Å². The standard InChI is InChI=1S/C13H23NO5S/c1-3-19-12(16)7-5-4-6-8-20-9-11(13(17)18)14-10(2)15/h11H,3-9H2,1-2H3,(H,14,15)(H,17,18)/t11-/m0/s1. The normalized spacial score (nSPS) is 11.7. The zero-order valence-corrected chi connectivity index (χ0v) is 12.8. The summed E-state index contributed by atoms with van der Waals surface area (Å²) in [4.78, 5) is 32.7. The molecule has 0 heterocycles. The maximum atomic E-state index is 11.1. The maximum Gasteiger partial charge on any atom is 0.327 e. The van der Waals surface area contributed by atoms with Gasteiger partial charge in [0.25, 0.3) is 0 Å². The highest BCUT2D eigenvalue weighted by Crippen LogP contribution is 2.10. The maximum absolute atomic E-state index is 11.1. The van der Waals surface area contributed by atoms with Crippen LogP contribution in [0.25, 0.3) is 0 Å². The second-order valence-corrected chi connectivity index (χ2v) is 5.43. The lowest BCUT2D eigenvalue weighted by Gasteiger charge is -2.12. The number of rotatable bonds is 11. The van der Waals surface area contributed by atoms with Crippen molar-refractivity contribution in [3.8, 4) is 0 Å². The first-order valence-corrected chi connectivity index (χ1v) is 7.86. The van der Waals surface area contributed by atoms with E-state index in [0.717, 1.165) is 25.0 Å². The molecule has 0 aromatic carbocycles. The first-order valence-electron chi connectivity index (χ1n) is 6.70. The van der Waals surface area contributed by atoms with E-state index < -0.39 is 12.0 Å². The third-order valence-electron chi connectivity index (χ3n) is 2.44. The summed E-state index contributed by atoms with van der Waals surface area (Å²) in [5.41, 5.74) is 0. The number of nitrogens with one attached hydrogen (secondary N) is 1. The highest BCUT2D eigenvalue weighted by molar-refractivity contribution is 7.99. The molecule has 20 heavy (non-hydrogen) atoms. The summed E-state index contributed by atoms with van der Waals surface area (Å²) in [5, 5.41) is 11.3. The summed E-state index contributed by atoms with van der Waals surface area (Å²) in [6.07, 6.45) is 3.04. The minimum Gasteiger partial charge on any atom is -0.480 e. The predicted octanol–water partition coefficient (Wildman–Crippen LogP) is 1.43. The van der Waals surface area contributed by atoms with Gasteiger partial charge in [0.15, 0.2) is 0 Å². The fraction of sp³-hybridized carbons (Fsp3) is 0.769. The van der Waals surface area contributed by atoms with Gasteiger partial charge in [0.2, 0.25) is 5.91 Å². The molecule has 6 nitrogen and oxygen atoms in total. The molecule has 0 saturated carbocycles. The monoisotopic (exact) mass is 305 g/mol. The molecule has 0 aliphatic rings. The molecular formula is C13H23NO5S. The lowest BCUT2D eigenvalue weighted by molar-refractivity contribution is -0.143. The average Bonchev–Trinajstić information content (AvgIpc) is 2.35. The van der Waals surface area contributed by atoms with E-state index in [4.69, 9.17) is 9.84 Å². The summed E-state index contributed by atoms with van der Waals surface area (Å²) >= 11 is 1.49. The van der Waals surface area contributed by atoms with E-state index in [2.05, 4.69) is 5.32 Å². The number of esters is 1. The Bertz CT molecular complexity index is 322. The van der Waals surface area contributed by atoms with Crippen LogP contribution in [0.4, 0.5) is 0 Å². The van der Waals surface area contributed by atoms with Gasteiger partial charge in [-0.25, -0.2) is 4.79 Å². The number of amides is 1. The van der Waals surface area contributed by atoms with E-state index in [0.29, 0.717) is 18.8 Å². The zero-order valence-electron chi connectivity index (χ0n) is 12.0. The van der Waals surface area contributed by atoms with Crippen LogP contribution in [-0.2, 0) is 19.1 Å². The molecule has 0 saturated heterocycles. The number of hydrogen-bond donors (Lipinski definition) is 2. The summed E-state index contributed by atoms with van der Waals surface area (Å²) < 4.78 is 4.81. The number of carbonyl (C=O) groups is 3. The van der Waals surface area contributed by atoms with Gasteiger partial charge < -0.3 is 15.2 Å². The number of unbranched alkanes of at least 4 members (excludes halogenated alkanes) is 2. The van der Waals surface area contributed by atoms with Crippen LogP contribution in [0.1, 0.15) is 39.5 Å². The van der Waals surface area contributed by atoms with Gasteiger partial charge in [0, 0.05) is 19.1 Å².